The average Bonchev–Trinajstić information content (AvgIpc) is 2.95. The zero-order valence-corrected chi connectivity index (χ0v) is 17.8. The summed E-state index contributed by atoms with van der Waals surface area (Å²) in [5.41, 5.74) is 16.2. The molecule has 0 aliphatic heterocycles. The van der Waals surface area contributed by atoms with Crippen molar-refractivity contribution >= 4 is 22.7 Å². The number of nitrogens with two attached hydrogens (primary N) is 2. The molecule has 0 radical (unpaired) electrons. The van der Waals surface area contributed by atoms with E-state index >= 15 is 0 Å². The van der Waals surface area contributed by atoms with Gasteiger partial charge in [-0.3, -0.25) is 0 Å². The molecule has 4 N–H and O–H groups in total. The van der Waals surface area contributed by atoms with Crippen molar-refractivity contribution < 1.29 is 17.9 Å². The molecule has 166 valence electrons. The molecule has 1 fully saturated rings. The third kappa shape index (κ3) is 4.29. The van der Waals surface area contributed by atoms with Gasteiger partial charge in [0.05, 0.1) is 5.52 Å². The van der Waals surface area contributed by atoms with Gasteiger partial charge in [-0.1, -0.05) is 32.9 Å². The number of hydrogen-bond donors (Lipinski definition) is 2. The molecule has 0 amide bonds. The number of hydrogen-bond acceptors (Lipinski definition) is 4. The van der Waals surface area contributed by atoms with E-state index in [1.54, 1.807) is 18.2 Å². The molecular weight excluding hydrogens is 405 g/mol. The summed E-state index contributed by atoms with van der Waals surface area (Å²) in [6.07, 6.45) is -1.56. The van der Waals surface area contributed by atoms with Crippen LogP contribution in [-0.4, -0.2) is 15.9 Å². The first-order valence-electron chi connectivity index (χ1n) is 10.4. The van der Waals surface area contributed by atoms with Crippen molar-refractivity contribution in [2.75, 3.05) is 11.5 Å². The van der Waals surface area contributed by atoms with Gasteiger partial charge in [0.15, 0.2) is 0 Å². The summed E-state index contributed by atoms with van der Waals surface area (Å²) in [7, 11) is 0. The number of nitrogen functional groups attached to an aromatic ring is 2. The number of fused-ring (bicyclic) bond motifs is 1. The summed E-state index contributed by atoms with van der Waals surface area (Å²) < 4.78 is 43.5. The Balaban J connectivity index is 1.78. The number of anilines is 2. The number of rotatable bonds is 3. The highest BCUT2D eigenvalue weighted by molar-refractivity contribution is 5.99. The molecular formula is C23H27F3N4O. The number of ether oxygens (including phenoxy) is 1. The van der Waals surface area contributed by atoms with Crippen molar-refractivity contribution in [3.63, 3.8) is 0 Å². The summed E-state index contributed by atoms with van der Waals surface area (Å²) in [6.45, 7) is 6.81. The Morgan fingerprint density at radius 1 is 1.06 bits per heavy atom. The van der Waals surface area contributed by atoms with Gasteiger partial charge < -0.3 is 20.8 Å². The predicted octanol–water partition coefficient (Wildman–Crippen LogP) is 6.15. The molecule has 1 aliphatic rings. The maximum Gasteiger partial charge on any atom is 0.573 e. The molecule has 31 heavy (non-hydrogen) atoms. The first kappa shape index (κ1) is 21.3. The molecule has 0 bridgehead atoms. The van der Waals surface area contributed by atoms with Gasteiger partial charge in [0.2, 0.25) is 5.95 Å². The highest BCUT2D eigenvalue weighted by atomic mass is 19.4. The zero-order chi connectivity index (χ0) is 22.6. The van der Waals surface area contributed by atoms with Crippen LogP contribution in [0.4, 0.5) is 24.8 Å². The summed E-state index contributed by atoms with van der Waals surface area (Å²) in [5.74, 6) is 0.708. The number of benzene rings is 2. The van der Waals surface area contributed by atoms with Gasteiger partial charge in [-0.15, -0.1) is 13.2 Å². The van der Waals surface area contributed by atoms with E-state index in [1.165, 1.54) is 18.6 Å². The molecule has 1 saturated carbocycles. The number of halogens is 3. The van der Waals surface area contributed by atoms with Crippen LogP contribution in [-0.2, 0) is 0 Å². The van der Waals surface area contributed by atoms with E-state index in [4.69, 9.17) is 11.5 Å². The van der Waals surface area contributed by atoms with Crippen LogP contribution in [0.5, 0.6) is 5.75 Å². The van der Waals surface area contributed by atoms with Crippen molar-refractivity contribution in [1.29, 1.82) is 0 Å². The van der Waals surface area contributed by atoms with Gasteiger partial charge in [0.25, 0.3) is 0 Å². The third-order valence-electron chi connectivity index (χ3n) is 6.03. The predicted molar refractivity (Wildman–Crippen MR) is 117 cm³/mol. The van der Waals surface area contributed by atoms with Crippen LogP contribution < -0.4 is 16.2 Å². The largest absolute Gasteiger partial charge is 0.573 e. The third-order valence-corrected chi connectivity index (χ3v) is 6.03. The van der Waals surface area contributed by atoms with Gasteiger partial charge in [-0.2, -0.15) is 0 Å². The zero-order valence-electron chi connectivity index (χ0n) is 17.8. The second-order valence-electron chi connectivity index (χ2n) is 9.38. The Kier molecular flexibility index (Phi) is 5.06. The van der Waals surface area contributed by atoms with E-state index in [0.29, 0.717) is 34.2 Å². The number of nitrogens with zero attached hydrogens (tertiary/aromatic N) is 2. The quantitative estimate of drug-likeness (QED) is 0.486. The monoisotopic (exact) mass is 432 g/mol. The topological polar surface area (TPSA) is 79.1 Å². The van der Waals surface area contributed by atoms with Crippen LogP contribution in [0, 0.1) is 11.3 Å². The minimum absolute atomic E-state index is 0.205. The fourth-order valence-corrected chi connectivity index (χ4v) is 5.20. The van der Waals surface area contributed by atoms with Crippen LogP contribution in [0.1, 0.15) is 46.1 Å². The smallest absolute Gasteiger partial charge is 0.406 e. The van der Waals surface area contributed by atoms with Crippen molar-refractivity contribution in [3.8, 4) is 16.9 Å². The number of imidazole rings is 1. The minimum atomic E-state index is -4.74. The van der Waals surface area contributed by atoms with Gasteiger partial charge in [-0.05, 0) is 60.4 Å². The van der Waals surface area contributed by atoms with Crippen molar-refractivity contribution in [2.24, 2.45) is 11.3 Å². The summed E-state index contributed by atoms with van der Waals surface area (Å²) in [6, 6.07) is 9.58. The van der Waals surface area contributed by atoms with Gasteiger partial charge in [0.1, 0.15) is 11.3 Å². The molecule has 1 aliphatic carbocycles. The lowest BCUT2D eigenvalue weighted by molar-refractivity contribution is -0.274. The van der Waals surface area contributed by atoms with Crippen molar-refractivity contribution in [1.82, 2.24) is 9.55 Å². The Bertz CT molecular complexity index is 1100. The molecule has 8 heteroatoms. The highest BCUT2D eigenvalue weighted by Crippen LogP contribution is 2.46. The Morgan fingerprint density at radius 2 is 1.74 bits per heavy atom. The lowest BCUT2D eigenvalue weighted by Gasteiger charge is -2.40. The number of alkyl halides is 3. The molecule has 4 rings (SSSR count). The fraction of sp³-hybridized carbons (Fsp3) is 0.435. The van der Waals surface area contributed by atoms with E-state index in [-0.39, 0.29) is 17.2 Å². The summed E-state index contributed by atoms with van der Waals surface area (Å²) >= 11 is 0. The molecule has 1 aromatic heterocycles. The van der Waals surface area contributed by atoms with E-state index in [2.05, 4.69) is 35.1 Å². The second kappa shape index (κ2) is 7.35. The van der Waals surface area contributed by atoms with Crippen LogP contribution in [0.3, 0.4) is 0 Å². The molecule has 3 aromatic rings. The second-order valence-corrected chi connectivity index (χ2v) is 9.38. The molecule has 1 heterocycles. The van der Waals surface area contributed by atoms with Crippen molar-refractivity contribution in [3.05, 3.63) is 36.4 Å². The average molecular weight is 432 g/mol. The minimum Gasteiger partial charge on any atom is -0.406 e. The SMILES string of the molecule is C[C@@H]1C[C@H](n2c(N)nc3c(-c4ccc(OC(F)(F)F)cc4)c(N)ccc32)CC(C)(C)C1. The molecule has 0 unspecified atom stereocenters. The Morgan fingerprint density at radius 3 is 2.35 bits per heavy atom. The van der Waals surface area contributed by atoms with Gasteiger partial charge in [0, 0.05) is 17.3 Å². The molecule has 0 saturated heterocycles. The van der Waals surface area contributed by atoms with E-state index in [1.807, 2.05) is 6.07 Å². The van der Waals surface area contributed by atoms with E-state index in [9.17, 15) is 13.2 Å². The lowest BCUT2D eigenvalue weighted by atomic mass is 9.70. The standard InChI is InChI=1S/C23H27F3N4O/c1-13-10-15(12-22(2,3)11-13)30-18-9-8-17(27)19(20(18)29-21(30)28)14-4-6-16(7-5-14)31-23(24,25)26/h4-9,13,15H,10-12,27H2,1-3H3,(H2,28,29)/t13-,15+/m1/s1. The first-order chi connectivity index (χ1) is 14.4. The summed E-state index contributed by atoms with van der Waals surface area (Å²) in [4.78, 5) is 4.63. The maximum atomic E-state index is 12.5. The van der Waals surface area contributed by atoms with Gasteiger partial charge >= 0.3 is 6.36 Å². The van der Waals surface area contributed by atoms with Crippen LogP contribution >= 0.6 is 0 Å². The molecule has 2 aromatic carbocycles. The Labute approximate surface area is 179 Å². The normalized spacial score (nSPS) is 21.4. The van der Waals surface area contributed by atoms with E-state index < -0.39 is 6.36 Å². The van der Waals surface area contributed by atoms with Crippen LogP contribution in [0.15, 0.2) is 36.4 Å². The van der Waals surface area contributed by atoms with Crippen LogP contribution in [0.25, 0.3) is 22.2 Å². The number of aromatic nitrogens is 2. The molecule has 5 nitrogen and oxygen atoms in total. The molecule has 2 atom stereocenters. The van der Waals surface area contributed by atoms with Gasteiger partial charge in [-0.25, -0.2) is 4.98 Å². The molecule has 0 spiro atoms. The fourth-order valence-electron chi connectivity index (χ4n) is 5.20. The maximum absolute atomic E-state index is 12.5. The van der Waals surface area contributed by atoms with Crippen LogP contribution in [0.2, 0.25) is 0 Å². The lowest BCUT2D eigenvalue weighted by Crippen LogP contribution is -2.29. The Hall–Kier alpha value is -2.90. The first-order valence-corrected chi connectivity index (χ1v) is 10.4. The van der Waals surface area contributed by atoms with E-state index in [0.717, 1.165) is 18.4 Å². The summed E-state index contributed by atoms with van der Waals surface area (Å²) in [5, 5.41) is 0. The van der Waals surface area contributed by atoms with Crippen molar-refractivity contribution in [2.45, 2.75) is 52.4 Å². The highest BCUT2D eigenvalue weighted by Gasteiger charge is 2.35.